The molecule has 0 bridgehead atoms. The van der Waals surface area contributed by atoms with Crippen LogP contribution in [0.2, 0.25) is 0 Å². The number of carbonyl (C=O) groups excluding carboxylic acids is 1. The third-order valence-corrected chi connectivity index (χ3v) is 3.58. The molecule has 0 aliphatic carbocycles. The Balaban J connectivity index is 2.72. The Labute approximate surface area is 135 Å². The van der Waals surface area contributed by atoms with Crippen molar-refractivity contribution < 1.29 is 19.4 Å². The van der Waals surface area contributed by atoms with Crippen molar-refractivity contribution in [1.29, 1.82) is 0 Å². The molecule has 0 aromatic heterocycles. The van der Waals surface area contributed by atoms with E-state index in [0.29, 0.717) is 0 Å². The summed E-state index contributed by atoms with van der Waals surface area (Å²) in [5.41, 5.74) is 5.43. The van der Waals surface area contributed by atoms with E-state index in [9.17, 15) is 25.0 Å². The van der Waals surface area contributed by atoms with Crippen LogP contribution >= 0.6 is 0 Å². The van der Waals surface area contributed by atoms with E-state index in [1.165, 1.54) is 31.2 Å². The standard InChI is InChI=1S/C14H14N4O6/c1-7-10(14(19)24-2)11(12(18(22)23)13(15)16-7)8-4-3-5-9(6-8)17(20)21/h3-6,11,16H,15H2,1-2H3. The number of carbonyl (C=O) groups is 1. The van der Waals surface area contributed by atoms with Crippen LogP contribution < -0.4 is 11.1 Å². The molecule has 0 saturated heterocycles. The molecule has 1 aliphatic heterocycles. The van der Waals surface area contributed by atoms with E-state index in [0.717, 1.165) is 7.11 Å². The number of benzene rings is 1. The first-order valence-electron chi connectivity index (χ1n) is 6.72. The van der Waals surface area contributed by atoms with E-state index in [4.69, 9.17) is 10.5 Å². The molecule has 126 valence electrons. The second-order valence-electron chi connectivity index (χ2n) is 5.00. The van der Waals surface area contributed by atoms with Gasteiger partial charge in [-0.15, -0.1) is 0 Å². The van der Waals surface area contributed by atoms with Gasteiger partial charge in [0.1, 0.15) is 5.92 Å². The van der Waals surface area contributed by atoms with E-state index in [1.807, 2.05) is 0 Å². The number of hydrogen-bond acceptors (Lipinski definition) is 8. The number of esters is 1. The van der Waals surface area contributed by atoms with Gasteiger partial charge in [0.2, 0.25) is 0 Å². The highest BCUT2D eigenvalue weighted by atomic mass is 16.6. The number of methoxy groups -OCH3 is 1. The molecule has 3 N–H and O–H groups in total. The largest absolute Gasteiger partial charge is 0.466 e. The molecule has 1 aliphatic rings. The summed E-state index contributed by atoms with van der Waals surface area (Å²) in [4.78, 5) is 33.2. The van der Waals surface area contributed by atoms with Crippen LogP contribution in [0, 0.1) is 20.2 Å². The minimum Gasteiger partial charge on any atom is -0.466 e. The molecule has 1 atom stereocenters. The number of ether oxygens (including phenoxy) is 1. The second kappa shape index (κ2) is 6.36. The lowest BCUT2D eigenvalue weighted by Crippen LogP contribution is -2.35. The molecule has 0 spiro atoms. The summed E-state index contributed by atoms with van der Waals surface area (Å²) in [5.74, 6) is -2.21. The van der Waals surface area contributed by atoms with Crippen molar-refractivity contribution >= 4 is 11.7 Å². The van der Waals surface area contributed by atoms with Crippen LogP contribution in [0.25, 0.3) is 0 Å². The molecule has 1 heterocycles. The smallest absolute Gasteiger partial charge is 0.336 e. The number of non-ortho nitro benzene ring substituents is 1. The van der Waals surface area contributed by atoms with E-state index in [1.54, 1.807) is 0 Å². The molecular formula is C14H14N4O6. The van der Waals surface area contributed by atoms with Crippen LogP contribution in [0.1, 0.15) is 18.4 Å². The summed E-state index contributed by atoms with van der Waals surface area (Å²) < 4.78 is 4.70. The number of nitrogens with one attached hydrogen (secondary N) is 1. The van der Waals surface area contributed by atoms with Gasteiger partial charge in [-0.05, 0) is 12.5 Å². The summed E-state index contributed by atoms with van der Waals surface area (Å²) in [6, 6.07) is 5.25. The fourth-order valence-electron chi connectivity index (χ4n) is 2.57. The van der Waals surface area contributed by atoms with Gasteiger partial charge in [-0.2, -0.15) is 0 Å². The highest BCUT2D eigenvalue weighted by molar-refractivity contribution is 5.92. The normalized spacial score (nSPS) is 17.3. The van der Waals surface area contributed by atoms with E-state index in [-0.39, 0.29) is 28.3 Å². The van der Waals surface area contributed by atoms with E-state index >= 15 is 0 Å². The number of dihydropyridines is 1. The maximum absolute atomic E-state index is 12.1. The quantitative estimate of drug-likeness (QED) is 0.472. The lowest BCUT2D eigenvalue weighted by atomic mass is 9.85. The molecule has 1 aromatic rings. The lowest BCUT2D eigenvalue weighted by Gasteiger charge is -2.25. The van der Waals surface area contributed by atoms with Crippen molar-refractivity contribution in [3.63, 3.8) is 0 Å². The number of rotatable bonds is 4. The van der Waals surface area contributed by atoms with Crippen LogP contribution in [0.4, 0.5) is 5.69 Å². The second-order valence-corrected chi connectivity index (χ2v) is 5.00. The molecule has 0 radical (unpaired) electrons. The fourth-order valence-corrected chi connectivity index (χ4v) is 2.57. The predicted molar refractivity (Wildman–Crippen MR) is 81.9 cm³/mol. The number of nitro groups is 2. The predicted octanol–water partition coefficient (Wildman–Crippen LogP) is 1.13. The summed E-state index contributed by atoms with van der Waals surface area (Å²) in [6.45, 7) is 1.51. The zero-order valence-corrected chi connectivity index (χ0v) is 12.8. The molecule has 0 fully saturated rings. The average Bonchev–Trinajstić information content (AvgIpc) is 2.53. The molecule has 0 amide bonds. The zero-order valence-electron chi connectivity index (χ0n) is 12.8. The topological polar surface area (TPSA) is 151 Å². The first-order valence-corrected chi connectivity index (χ1v) is 6.72. The van der Waals surface area contributed by atoms with Gasteiger partial charge in [0, 0.05) is 17.8 Å². The number of nitro benzene ring substituents is 1. The van der Waals surface area contributed by atoms with Gasteiger partial charge in [-0.3, -0.25) is 20.2 Å². The Bertz CT molecular complexity index is 798. The van der Waals surface area contributed by atoms with Crippen LogP contribution in [0.5, 0.6) is 0 Å². The Morgan fingerprint density at radius 3 is 2.50 bits per heavy atom. The van der Waals surface area contributed by atoms with Crippen LogP contribution in [0.15, 0.2) is 47.1 Å². The van der Waals surface area contributed by atoms with Crippen LogP contribution in [-0.2, 0) is 9.53 Å². The van der Waals surface area contributed by atoms with Crippen molar-refractivity contribution in [1.82, 2.24) is 5.32 Å². The zero-order chi connectivity index (χ0) is 18.0. The number of nitrogens with two attached hydrogens (primary N) is 1. The van der Waals surface area contributed by atoms with E-state index in [2.05, 4.69) is 5.32 Å². The fraction of sp³-hybridized carbons (Fsp3) is 0.214. The summed E-state index contributed by atoms with van der Waals surface area (Å²) in [5, 5.41) is 25.0. The monoisotopic (exact) mass is 334 g/mol. The van der Waals surface area contributed by atoms with Gasteiger partial charge < -0.3 is 15.8 Å². The van der Waals surface area contributed by atoms with Crippen molar-refractivity contribution in [2.75, 3.05) is 7.11 Å². The third-order valence-electron chi connectivity index (χ3n) is 3.58. The summed E-state index contributed by atoms with van der Waals surface area (Å²) >= 11 is 0. The lowest BCUT2D eigenvalue weighted by molar-refractivity contribution is -0.431. The molecule has 24 heavy (non-hydrogen) atoms. The van der Waals surface area contributed by atoms with Gasteiger partial charge >= 0.3 is 5.97 Å². The SMILES string of the molecule is COC(=O)C1=C(C)NC(N)=C([N+](=O)[O-])C1c1cccc([N+](=O)[O-])c1. The third kappa shape index (κ3) is 2.89. The van der Waals surface area contributed by atoms with Crippen LogP contribution in [0.3, 0.4) is 0 Å². The summed E-state index contributed by atoms with van der Waals surface area (Å²) in [6.07, 6.45) is 0. The maximum atomic E-state index is 12.1. The minimum absolute atomic E-state index is 0.0288. The van der Waals surface area contributed by atoms with Gasteiger partial charge in [-0.25, -0.2) is 4.79 Å². The molecule has 10 heteroatoms. The van der Waals surface area contributed by atoms with Crippen LogP contribution in [-0.4, -0.2) is 22.9 Å². The molecule has 0 saturated carbocycles. The van der Waals surface area contributed by atoms with Crippen molar-refractivity contribution in [2.45, 2.75) is 12.8 Å². The highest BCUT2D eigenvalue weighted by Gasteiger charge is 2.41. The Hall–Kier alpha value is -3.43. The Morgan fingerprint density at radius 1 is 1.29 bits per heavy atom. The number of hydrogen-bond donors (Lipinski definition) is 2. The van der Waals surface area contributed by atoms with Gasteiger partial charge in [0.15, 0.2) is 5.82 Å². The minimum atomic E-state index is -1.19. The average molecular weight is 334 g/mol. The molecular weight excluding hydrogens is 320 g/mol. The maximum Gasteiger partial charge on any atom is 0.336 e. The first kappa shape index (κ1) is 16.9. The Kier molecular flexibility index (Phi) is 4.49. The Morgan fingerprint density at radius 2 is 1.96 bits per heavy atom. The van der Waals surface area contributed by atoms with Crippen molar-refractivity contribution in [2.24, 2.45) is 5.73 Å². The van der Waals surface area contributed by atoms with Gasteiger partial charge in [0.05, 0.1) is 22.5 Å². The highest BCUT2D eigenvalue weighted by Crippen LogP contribution is 2.38. The molecule has 10 nitrogen and oxygen atoms in total. The number of nitrogens with zero attached hydrogens (tertiary/aromatic N) is 2. The van der Waals surface area contributed by atoms with Gasteiger partial charge in [0.25, 0.3) is 11.4 Å². The first-order chi connectivity index (χ1) is 11.3. The molecule has 1 aromatic carbocycles. The molecule has 1 unspecified atom stereocenters. The van der Waals surface area contributed by atoms with Gasteiger partial charge in [-0.1, -0.05) is 12.1 Å². The van der Waals surface area contributed by atoms with Crippen molar-refractivity contribution in [3.8, 4) is 0 Å². The number of allylic oxidation sites excluding steroid dienone is 2. The van der Waals surface area contributed by atoms with E-state index < -0.39 is 27.4 Å². The van der Waals surface area contributed by atoms with Crippen molar-refractivity contribution in [3.05, 3.63) is 72.8 Å². The summed E-state index contributed by atoms with van der Waals surface area (Å²) in [7, 11) is 1.14. The molecule has 2 rings (SSSR count).